The summed E-state index contributed by atoms with van der Waals surface area (Å²) in [4.78, 5) is 0.298. The minimum absolute atomic E-state index is 0.105. The van der Waals surface area contributed by atoms with Crippen LogP contribution in [0.2, 0.25) is 0 Å². The second kappa shape index (κ2) is 9.46. The minimum atomic E-state index is -3.70. The fourth-order valence-electron chi connectivity index (χ4n) is 4.42. The molecule has 0 radical (unpaired) electrons. The molecule has 1 aromatic heterocycles. The molecule has 1 aliphatic rings. The predicted molar refractivity (Wildman–Crippen MR) is 119 cm³/mol. The van der Waals surface area contributed by atoms with Gasteiger partial charge in [-0.1, -0.05) is 36.2 Å². The molecule has 2 heterocycles. The first-order chi connectivity index (χ1) is 15.4. The summed E-state index contributed by atoms with van der Waals surface area (Å²) in [6, 6.07) is 12.8. The highest BCUT2D eigenvalue weighted by Gasteiger charge is 2.42. The van der Waals surface area contributed by atoms with Crippen LogP contribution in [0.25, 0.3) is 0 Å². The number of benzene rings is 2. The van der Waals surface area contributed by atoms with E-state index in [1.165, 1.54) is 12.1 Å². The van der Waals surface area contributed by atoms with E-state index in [0.29, 0.717) is 17.9 Å². The molecule has 1 aliphatic heterocycles. The first-order valence-electron chi connectivity index (χ1n) is 10.9. The van der Waals surface area contributed by atoms with Crippen LogP contribution < -0.4 is 0 Å². The van der Waals surface area contributed by atoms with Gasteiger partial charge in [0.05, 0.1) is 10.9 Å². The Bertz CT molecular complexity index is 1150. The lowest BCUT2D eigenvalue weighted by Gasteiger charge is -2.30. The molecule has 2 atom stereocenters. The number of hydrogen-bond donors (Lipinski definition) is 0. The number of aryl methyl sites for hydroxylation is 3. The third-order valence-electron chi connectivity index (χ3n) is 6.16. The standard InChI is InChI=1S/C23H28FN5O2S/c1-17-6-13-22(14-7-17)32(30,31)29-21(5-3-4-16-28-18(2)25-26-27-28)12-15-23(29)19-8-10-20(24)11-9-19/h6-11,13-14,21,23H,3-5,12,15-16H2,1-2H3. The van der Waals surface area contributed by atoms with Crippen molar-refractivity contribution in [3.8, 4) is 0 Å². The Morgan fingerprint density at radius 1 is 1.00 bits per heavy atom. The van der Waals surface area contributed by atoms with Crippen LogP contribution in [-0.2, 0) is 16.6 Å². The van der Waals surface area contributed by atoms with Crippen LogP contribution in [0, 0.1) is 19.7 Å². The number of rotatable bonds is 8. The maximum absolute atomic E-state index is 13.7. The molecular weight excluding hydrogens is 429 g/mol. The van der Waals surface area contributed by atoms with Crippen LogP contribution in [0.15, 0.2) is 53.4 Å². The van der Waals surface area contributed by atoms with E-state index < -0.39 is 10.0 Å². The molecule has 2 unspecified atom stereocenters. The van der Waals surface area contributed by atoms with Gasteiger partial charge < -0.3 is 0 Å². The van der Waals surface area contributed by atoms with E-state index in [9.17, 15) is 12.8 Å². The molecule has 2 aromatic carbocycles. The fourth-order valence-corrected chi connectivity index (χ4v) is 6.31. The van der Waals surface area contributed by atoms with E-state index >= 15 is 0 Å². The molecule has 9 heteroatoms. The summed E-state index contributed by atoms with van der Waals surface area (Å²) in [6.45, 7) is 4.50. The van der Waals surface area contributed by atoms with Crippen molar-refractivity contribution >= 4 is 10.0 Å². The SMILES string of the molecule is Cc1ccc(S(=O)(=O)N2C(CCCCn3nnnc3C)CCC2c2ccc(F)cc2)cc1. The van der Waals surface area contributed by atoms with Gasteiger partial charge in [-0.2, -0.15) is 4.31 Å². The molecule has 32 heavy (non-hydrogen) atoms. The van der Waals surface area contributed by atoms with Crippen molar-refractivity contribution < 1.29 is 12.8 Å². The Labute approximate surface area is 188 Å². The van der Waals surface area contributed by atoms with Crippen molar-refractivity contribution in [2.45, 2.75) is 69.5 Å². The maximum atomic E-state index is 13.7. The zero-order valence-electron chi connectivity index (χ0n) is 18.4. The summed E-state index contributed by atoms with van der Waals surface area (Å²) in [5, 5.41) is 11.5. The number of tetrazole rings is 1. The lowest BCUT2D eigenvalue weighted by atomic mass is 10.0. The number of aromatic nitrogens is 4. The summed E-state index contributed by atoms with van der Waals surface area (Å²) in [5.74, 6) is 0.444. The molecule has 1 fully saturated rings. The topological polar surface area (TPSA) is 81.0 Å². The van der Waals surface area contributed by atoms with Gasteiger partial charge in [0.1, 0.15) is 11.6 Å². The molecule has 0 saturated carbocycles. The van der Waals surface area contributed by atoms with Crippen molar-refractivity contribution in [1.29, 1.82) is 0 Å². The van der Waals surface area contributed by atoms with Gasteiger partial charge in [-0.25, -0.2) is 17.5 Å². The summed E-state index contributed by atoms with van der Waals surface area (Å²) in [7, 11) is -3.70. The third kappa shape index (κ3) is 4.73. The lowest BCUT2D eigenvalue weighted by Crippen LogP contribution is -2.37. The number of sulfonamides is 1. The van der Waals surface area contributed by atoms with Gasteiger partial charge in [0, 0.05) is 12.6 Å². The summed E-state index contributed by atoms with van der Waals surface area (Å²) in [5.41, 5.74) is 1.84. The van der Waals surface area contributed by atoms with Crippen molar-refractivity contribution in [1.82, 2.24) is 24.5 Å². The molecule has 7 nitrogen and oxygen atoms in total. The quantitative estimate of drug-likeness (QED) is 0.474. The fraction of sp³-hybridized carbons (Fsp3) is 0.435. The van der Waals surface area contributed by atoms with Crippen molar-refractivity contribution in [2.75, 3.05) is 0 Å². The first kappa shape index (κ1) is 22.5. The Hall–Kier alpha value is -2.65. The molecule has 0 spiro atoms. The van der Waals surface area contributed by atoms with E-state index in [0.717, 1.165) is 42.6 Å². The number of halogens is 1. The average molecular weight is 458 g/mol. The number of nitrogens with zero attached hydrogens (tertiary/aromatic N) is 5. The predicted octanol–water partition coefficient (Wildman–Crippen LogP) is 4.19. The number of unbranched alkanes of at least 4 members (excludes halogenated alkanes) is 1. The Morgan fingerprint density at radius 3 is 2.38 bits per heavy atom. The first-order valence-corrected chi connectivity index (χ1v) is 12.4. The molecular formula is C23H28FN5O2S. The van der Waals surface area contributed by atoms with Gasteiger partial charge in [0.15, 0.2) is 0 Å². The normalized spacial score (nSPS) is 19.5. The lowest BCUT2D eigenvalue weighted by molar-refractivity contribution is 0.305. The highest BCUT2D eigenvalue weighted by molar-refractivity contribution is 7.89. The smallest absolute Gasteiger partial charge is 0.230 e. The second-order valence-electron chi connectivity index (χ2n) is 8.39. The van der Waals surface area contributed by atoms with Gasteiger partial charge in [-0.05, 0) is 79.8 Å². The molecule has 0 aliphatic carbocycles. The summed E-state index contributed by atoms with van der Waals surface area (Å²) >= 11 is 0. The highest BCUT2D eigenvalue weighted by atomic mass is 32.2. The molecule has 3 aromatic rings. The Balaban J connectivity index is 1.55. The van der Waals surface area contributed by atoms with Crippen LogP contribution in [0.1, 0.15) is 55.1 Å². The van der Waals surface area contributed by atoms with Gasteiger partial charge in [-0.15, -0.1) is 5.10 Å². The van der Waals surface area contributed by atoms with Gasteiger partial charge in [0.2, 0.25) is 10.0 Å². The third-order valence-corrected chi connectivity index (χ3v) is 8.14. The van der Waals surface area contributed by atoms with Crippen molar-refractivity contribution in [3.63, 3.8) is 0 Å². The minimum Gasteiger partial charge on any atom is -0.230 e. The second-order valence-corrected chi connectivity index (χ2v) is 10.2. The molecule has 1 saturated heterocycles. The van der Waals surface area contributed by atoms with Crippen molar-refractivity contribution in [2.24, 2.45) is 0 Å². The number of hydrogen-bond acceptors (Lipinski definition) is 5. The zero-order valence-corrected chi connectivity index (χ0v) is 19.2. The maximum Gasteiger partial charge on any atom is 0.243 e. The average Bonchev–Trinajstić information content (AvgIpc) is 3.38. The van der Waals surface area contributed by atoms with E-state index in [2.05, 4.69) is 15.5 Å². The highest BCUT2D eigenvalue weighted by Crippen LogP contribution is 2.42. The van der Waals surface area contributed by atoms with Crippen LogP contribution >= 0.6 is 0 Å². The van der Waals surface area contributed by atoms with E-state index in [1.54, 1.807) is 33.3 Å². The van der Waals surface area contributed by atoms with Gasteiger partial charge in [-0.3, -0.25) is 0 Å². The van der Waals surface area contributed by atoms with E-state index in [1.807, 2.05) is 26.0 Å². The molecule has 170 valence electrons. The summed E-state index contributed by atoms with van der Waals surface area (Å²) < 4.78 is 44.3. The van der Waals surface area contributed by atoms with Crippen LogP contribution in [0.3, 0.4) is 0 Å². The molecule has 0 N–H and O–H groups in total. The van der Waals surface area contributed by atoms with Gasteiger partial charge in [0.25, 0.3) is 0 Å². The Morgan fingerprint density at radius 2 is 1.72 bits per heavy atom. The Kier molecular flexibility index (Phi) is 6.66. The molecule has 4 rings (SSSR count). The van der Waals surface area contributed by atoms with Crippen molar-refractivity contribution in [3.05, 3.63) is 71.3 Å². The monoisotopic (exact) mass is 457 g/mol. The van der Waals surface area contributed by atoms with Crippen LogP contribution in [0.4, 0.5) is 4.39 Å². The molecule has 0 amide bonds. The van der Waals surface area contributed by atoms with E-state index in [4.69, 9.17) is 0 Å². The molecule has 0 bridgehead atoms. The van der Waals surface area contributed by atoms with E-state index in [-0.39, 0.29) is 17.9 Å². The summed E-state index contributed by atoms with van der Waals surface area (Å²) in [6.07, 6.45) is 3.97. The van der Waals surface area contributed by atoms with Crippen LogP contribution in [-0.4, -0.2) is 39.0 Å². The largest absolute Gasteiger partial charge is 0.243 e. The van der Waals surface area contributed by atoms with Gasteiger partial charge >= 0.3 is 0 Å². The van der Waals surface area contributed by atoms with Crippen LogP contribution in [0.5, 0.6) is 0 Å². The zero-order chi connectivity index (χ0) is 22.7.